The molecule has 6 heteroatoms. The number of nitrogens with zero attached hydrogens (tertiary/aromatic N) is 2. The van der Waals surface area contributed by atoms with Crippen molar-refractivity contribution in [1.29, 1.82) is 0 Å². The Morgan fingerprint density at radius 2 is 2.17 bits per heavy atom. The predicted octanol–water partition coefficient (Wildman–Crippen LogP) is 3.22. The van der Waals surface area contributed by atoms with Gasteiger partial charge in [0.15, 0.2) is 5.78 Å². The number of halogens is 1. The summed E-state index contributed by atoms with van der Waals surface area (Å²) in [5.74, 6) is 0.523. The third-order valence-corrected chi connectivity index (χ3v) is 4.46. The Balaban J connectivity index is 2.13. The Bertz CT molecular complexity index is 867. The number of carbonyl (C=O) groups is 2. The lowest BCUT2D eigenvalue weighted by molar-refractivity contribution is -0.112. The van der Waals surface area contributed by atoms with Crippen molar-refractivity contribution in [2.75, 3.05) is 17.8 Å². The fraction of sp³-hybridized carbons (Fsp3) is 0.278. The van der Waals surface area contributed by atoms with E-state index in [1.807, 2.05) is 13.8 Å². The highest BCUT2D eigenvalue weighted by Gasteiger charge is 2.30. The quantitative estimate of drug-likeness (QED) is 0.526. The molecule has 0 radical (unpaired) electrons. The third kappa shape index (κ3) is 2.65. The maximum Gasteiger partial charge on any atom is 0.258 e. The van der Waals surface area contributed by atoms with E-state index < -0.39 is 0 Å². The van der Waals surface area contributed by atoms with E-state index in [-0.39, 0.29) is 17.6 Å². The number of hydrogen-bond acceptors (Lipinski definition) is 3. The normalized spacial score (nSPS) is 15.2. The van der Waals surface area contributed by atoms with E-state index >= 15 is 0 Å². The molecule has 0 aliphatic carbocycles. The lowest BCUT2D eigenvalue weighted by Gasteiger charge is -2.09. The van der Waals surface area contributed by atoms with Gasteiger partial charge in [-0.15, -0.1) is 11.6 Å². The van der Waals surface area contributed by atoms with Gasteiger partial charge >= 0.3 is 0 Å². The summed E-state index contributed by atoms with van der Waals surface area (Å²) >= 11 is 5.64. The maximum atomic E-state index is 12.6. The maximum absolute atomic E-state index is 12.6. The monoisotopic (exact) mass is 343 g/mol. The van der Waals surface area contributed by atoms with Gasteiger partial charge in [-0.25, -0.2) is 4.98 Å². The van der Waals surface area contributed by atoms with Crippen LogP contribution in [0.2, 0.25) is 0 Å². The highest BCUT2D eigenvalue weighted by Crippen LogP contribution is 2.37. The second-order valence-electron chi connectivity index (χ2n) is 5.76. The van der Waals surface area contributed by atoms with Crippen LogP contribution in [-0.4, -0.2) is 34.6 Å². The van der Waals surface area contributed by atoms with Crippen molar-refractivity contribution in [3.63, 3.8) is 0 Å². The van der Waals surface area contributed by atoms with E-state index in [1.165, 1.54) is 0 Å². The van der Waals surface area contributed by atoms with Crippen LogP contribution >= 0.6 is 11.6 Å². The molecule has 1 amide bonds. The van der Waals surface area contributed by atoms with Gasteiger partial charge < -0.3 is 9.88 Å². The molecule has 1 aliphatic heterocycles. The average molecular weight is 344 g/mol. The minimum absolute atomic E-state index is 0.0834. The van der Waals surface area contributed by atoms with Crippen LogP contribution < -0.4 is 4.90 Å². The first-order chi connectivity index (χ1) is 11.5. The summed E-state index contributed by atoms with van der Waals surface area (Å²) in [6.45, 7) is 3.94. The number of ketones is 1. The van der Waals surface area contributed by atoms with Crippen molar-refractivity contribution < 1.29 is 9.59 Å². The molecule has 0 unspecified atom stereocenters. The molecule has 5 nitrogen and oxygen atoms in total. The minimum atomic E-state index is -0.162. The van der Waals surface area contributed by atoms with Gasteiger partial charge in [0.25, 0.3) is 5.91 Å². The first-order valence-electron chi connectivity index (χ1n) is 7.75. The number of hydrogen-bond donors (Lipinski definition) is 1. The second kappa shape index (κ2) is 6.24. The first kappa shape index (κ1) is 16.5. The third-order valence-electron chi connectivity index (χ3n) is 4.21. The molecule has 0 spiro atoms. The molecule has 1 aliphatic rings. The number of imidazole rings is 1. The molecule has 1 aromatic carbocycles. The Labute approximate surface area is 145 Å². The molecule has 0 saturated carbocycles. The fourth-order valence-electron chi connectivity index (χ4n) is 2.82. The van der Waals surface area contributed by atoms with Crippen LogP contribution in [0.25, 0.3) is 11.6 Å². The molecule has 24 heavy (non-hydrogen) atoms. The van der Waals surface area contributed by atoms with Gasteiger partial charge in [-0.2, -0.15) is 0 Å². The van der Waals surface area contributed by atoms with Crippen LogP contribution in [-0.2, 0) is 11.2 Å². The SMILES string of the molecule is CCc1nc(/C=C2\C(=O)N(C)c3ccc(C(=O)CCl)cc32)c(C)[nH]1. The Hall–Kier alpha value is -2.40. The Morgan fingerprint density at radius 3 is 2.79 bits per heavy atom. The summed E-state index contributed by atoms with van der Waals surface area (Å²) in [5.41, 5.74) is 4.21. The molecular weight excluding hydrogens is 326 g/mol. The second-order valence-corrected chi connectivity index (χ2v) is 6.03. The summed E-state index contributed by atoms with van der Waals surface area (Å²) in [6, 6.07) is 5.21. The van der Waals surface area contributed by atoms with Gasteiger partial charge in [0.1, 0.15) is 5.82 Å². The zero-order valence-corrected chi connectivity index (χ0v) is 14.6. The lowest BCUT2D eigenvalue weighted by atomic mass is 10.0. The molecule has 1 N–H and O–H groups in total. The molecule has 3 rings (SSSR count). The van der Waals surface area contributed by atoms with Crippen LogP contribution in [0.5, 0.6) is 0 Å². The number of alkyl halides is 1. The van der Waals surface area contributed by atoms with Crippen LogP contribution in [0, 0.1) is 6.92 Å². The molecule has 1 aromatic heterocycles. The van der Waals surface area contributed by atoms with Gasteiger partial charge in [-0.1, -0.05) is 6.92 Å². The van der Waals surface area contributed by atoms with Crippen molar-refractivity contribution in [3.8, 4) is 0 Å². The van der Waals surface area contributed by atoms with E-state index in [2.05, 4.69) is 9.97 Å². The number of anilines is 1. The first-order valence-corrected chi connectivity index (χ1v) is 8.28. The molecular formula is C18H18ClN3O2. The van der Waals surface area contributed by atoms with E-state index in [0.717, 1.165) is 34.9 Å². The number of H-pyrrole nitrogens is 1. The molecule has 0 saturated heterocycles. The molecule has 0 atom stereocenters. The summed E-state index contributed by atoms with van der Waals surface area (Å²) in [6.07, 6.45) is 2.58. The number of fused-ring (bicyclic) bond motifs is 1. The number of aryl methyl sites for hydroxylation is 2. The van der Waals surface area contributed by atoms with E-state index in [9.17, 15) is 9.59 Å². The molecule has 2 heterocycles. The molecule has 0 fully saturated rings. The van der Waals surface area contributed by atoms with E-state index in [4.69, 9.17) is 11.6 Å². The lowest BCUT2D eigenvalue weighted by Crippen LogP contribution is -2.20. The van der Waals surface area contributed by atoms with E-state index in [0.29, 0.717) is 11.1 Å². The molecule has 124 valence electrons. The van der Waals surface area contributed by atoms with E-state index in [1.54, 1.807) is 36.2 Å². The molecule has 0 bridgehead atoms. The van der Waals surface area contributed by atoms with Gasteiger partial charge in [0, 0.05) is 30.3 Å². The van der Waals surface area contributed by atoms with Crippen LogP contribution in [0.3, 0.4) is 0 Å². The smallest absolute Gasteiger partial charge is 0.258 e. The van der Waals surface area contributed by atoms with Crippen LogP contribution in [0.1, 0.15) is 40.1 Å². The largest absolute Gasteiger partial charge is 0.346 e. The van der Waals surface area contributed by atoms with Gasteiger partial charge in [0.05, 0.1) is 22.8 Å². The average Bonchev–Trinajstić information content (AvgIpc) is 3.07. The number of rotatable bonds is 4. The zero-order chi connectivity index (χ0) is 17.4. The van der Waals surface area contributed by atoms with Crippen LogP contribution in [0.4, 0.5) is 5.69 Å². The number of carbonyl (C=O) groups excluding carboxylic acids is 2. The predicted molar refractivity (Wildman–Crippen MR) is 95.5 cm³/mol. The molecule has 2 aromatic rings. The number of Topliss-reactive ketones (excluding diaryl/α,β-unsaturated/α-hetero) is 1. The minimum Gasteiger partial charge on any atom is -0.346 e. The highest BCUT2D eigenvalue weighted by molar-refractivity contribution is 6.36. The zero-order valence-electron chi connectivity index (χ0n) is 13.8. The van der Waals surface area contributed by atoms with Crippen molar-refractivity contribution in [1.82, 2.24) is 9.97 Å². The number of likely N-dealkylation sites (N-methyl/N-ethyl adjacent to an activating group) is 1. The van der Waals surface area contributed by atoms with Crippen LogP contribution in [0.15, 0.2) is 18.2 Å². The highest BCUT2D eigenvalue weighted by atomic mass is 35.5. The van der Waals surface area contributed by atoms with Gasteiger partial charge in [0.2, 0.25) is 0 Å². The summed E-state index contributed by atoms with van der Waals surface area (Å²) in [4.78, 5) is 33.8. The van der Waals surface area contributed by atoms with Crippen molar-refractivity contribution in [2.45, 2.75) is 20.3 Å². The topological polar surface area (TPSA) is 66.1 Å². The van der Waals surface area contributed by atoms with Crippen molar-refractivity contribution in [3.05, 3.63) is 46.5 Å². The van der Waals surface area contributed by atoms with Crippen molar-refractivity contribution in [2.24, 2.45) is 0 Å². The number of aromatic nitrogens is 2. The fourth-order valence-corrected chi connectivity index (χ4v) is 2.98. The number of nitrogens with one attached hydrogen (secondary N) is 1. The summed E-state index contributed by atoms with van der Waals surface area (Å²) in [7, 11) is 1.72. The van der Waals surface area contributed by atoms with Crippen molar-refractivity contribution >= 4 is 40.6 Å². The Morgan fingerprint density at radius 1 is 1.42 bits per heavy atom. The number of aromatic amines is 1. The number of amides is 1. The number of benzene rings is 1. The van der Waals surface area contributed by atoms with Gasteiger partial charge in [-0.05, 0) is 31.2 Å². The van der Waals surface area contributed by atoms with Gasteiger partial charge in [-0.3, -0.25) is 9.59 Å². The summed E-state index contributed by atoms with van der Waals surface area (Å²) in [5, 5.41) is 0. The Kier molecular flexibility index (Phi) is 4.28. The summed E-state index contributed by atoms with van der Waals surface area (Å²) < 4.78 is 0. The standard InChI is InChI=1S/C18H18ClN3O2/c1-4-17-20-10(2)14(21-17)8-13-12-7-11(16(23)9-19)5-6-15(12)22(3)18(13)24/h5-8H,4,9H2,1-3H3,(H,20,21)/b13-8-.